The number of rotatable bonds is 3. The van der Waals surface area contributed by atoms with E-state index in [1.807, 2.05) is 0 Å². The van der Waals surface area contributed by atoms with E-state index in [2.05, 4.69) is 15.3 Å². The molecule has 0 radical (unpaired) electrons. The van der Waals surface area contributed by atoms with Crippen LogP contribution in [0.1, 0.15) is 23.3 Å². The minimum atomic E-state index is -0.316. The SMILES string of the molecule is COc1nc(OC)c2c(n1)C(=O)N1CCC[C@H]1[C@@H](OC)N2. The van der Waals surface area contributed by atoms with Gasteiger partial charge in [-0.3, -0.25) is 4.79 Å². The summed E-state index contributed by atoms with van der Waals surface area (Å²) in [5, 5.41) is 3.19. The van der Waals surface area contributed by atoms with E-state index >= 15 is 0 Å². The third-order valence-corrected chi connectivity index (χ3v) is 3.88. The van der Waals surface area contributed by atoms with Gasteiger partial charge in [0.1, 0.15) is 11.9 Å². The van der Waals surface area contributed by atoms with E-state index in [1.165, 1.54) is 14.2 Å². The Morgan fingerprint density at radius 1 is 1.24 bits per heavy atom. The van der Waals surface area contributed by atoms with E-state index in [9.17, 15) is 4.79 Å². The maximum absolute atomic E-state index is 12.7. The van der Waals surface area contributed by atoms with E-state index in [0.29, 0.717) is 12.2 Å². The molecule has 1 fully saturated rings. The second-order valence-corrected chi connectivity index (χ2v) is 4.95. The predicted molar refractivity (Wildman–Crippen MR) is 73.6 cm³/mol. The van der Waals surface area contributed by atoms with Crippen LogP contribution in [-0.2, 0) is 4.74 Å². The van der Waals surface area contributed by atoms with Crippen molar-refractivity contribution >= 4 is 11.6 Å². The molecule has 0 unspecified atom stereocenters. The van der Waals surface area contributed by atoms with Gasteiger partial charge in [-0.2, -0.15) is 9.97 Å². The first-order chi connectivity index (χ1) is 10.2. The van der Waals surface area contributed by atoms with Crippen molar-refractivity contribution in [3.05, 3.63) is 5.69 Å². The van der Waals surface area contributed by atoms with Crippen LogP contribution in [0.3, 0.4) is 0 Å². The summed E-state index contributed by atoms with van der Waals surface area (Å²) in [5.41, 5.74) is 0.703. The quantitative estimate of drug-likeness (QED) is 0.868. The number of carbonyl (C=O) groups is 1. The van der Waals surface area contributed by atoms with Gasteiger partial charge in [0.25, 0.3) is 5.91 Å². The lowest BCUT2D eigenvalue weighted by Crippen LogP contribution is -2.44. The van der Waals surface area contributed by atoms with E-state index in [-0.39, 0.29) is 35.8 Å². The molecule has 2 aliphatic heterocycles. The molecule has 1 aromatic rings. The van der Waals surface area contributed by atoms with Crippen LogP contribution in [0.15, 0.2) is 0 Å². The highest BCUT2D eigenvalue weighted by Gasteiger charge is 2.41. The van der Waals surface area contributed by atoms with Gasteiger partial charge >= 0.3 is 6.01 Å². The van der Waals surface area contributed by atoms with Crippen molar-refractivity contribution in [3.8, 4) is 11.9 Å². The summed E-state index contributed by atoms with van der Waals surface area (Å²) < 4.78 is 15.8. The number of hydrogen-bond donors (Lipinski definition) is 1. The molecule has 114 valence electrons. The number of aromatic nitrogens is 2. The van der Waals surface area contributed by atoms with Crippen molar-refractivity contribution in [1.82, 2.24) is 14.9 Å². The zero-order valence-corrected chi connectivity index (χ0v) is 12.3. The molecule has 0 aromatic carbocycles. The number of anilines is 1. The lowest BCUT2D eigenvalue weighted by molar-refractivity contribution is 0.0417. The van der Waals surface area contributed by atoms with Gasteiger partial charge < -0.3 is 24.4 Å². The van der Waals surface area contributed by atoms with Crippen LogP contribution in [0.25, 0.3) is 0 Å². The Labute approximate surface area is 122 Å². The first kappa shape index (κ1) is 13.9. The van der Waals surface area contributed by atoms with Crippen molar-refractivity contribution in [3.63, 3.8) is 0 Å². The van der Waals surface area contributed by atoms with Gasteiger partial charge in [0, 0.05) is 13.7 Å². The molecule has 8 nitrogen and oxygen atoms in total. The Bertz CT molecular complexity index is 565. The van der Waals surface area contributed by atoms with Gasteiger partial charge in [-0.1, -0.05) is 0 Å². The summed E-state index contributed by atoms with van der Waals surface area (Å²) in [4.78, 5) is 22.8. The van der Waals surface area contributed by atoms with Crippen molar-refractivity contribution in [2.75, 3.05) is 33.2 Å². The molecule has 3 rings (SSSR count). The number of amides is 1. The highest BCUT2D eigenvalue weighted by atomic mass is 16.5. The topological polar surface area (TPSA) is 85.8 Å². The van der Waals surface area contributed by atoms with Gasteiger partial charge in [0.05, 0.1) is 20.3 Å². The van der Waals surface area contributed by atoms with Crippen LogP contribution in [-0.4, -0.2) is 60.9 Å². The molecule has 2 atom stereocenters. The molecule has 8 heteroatoms. The van der Waals surface area contributed by atoms with Gasteiger partial charge in [-0.05, 0) is 12.8 Å². The van der Waals surface area contributed by atoms with Gasteiger partial charge in [-0.15, -0.1) is 0 Å². The molecule has 1 aromatic heterocycles. The number of carbonyl (C=O) groups excluding carboxylic acids is 1. The zero-order chi connectivity index (χ0) is 15.0. The van der Waals surface area contributed by atoms with Gasteiger partial charge in [-0.25, -0.2) is 0 Å². The van der Waals surface area contributed by atoms with Crippen LogP contribution < -0.4 is 14.8 Å². The second kappa shape index (κ2) is 5.36. The maximum atomic E-state index is 12.7. The predicted octanol–water partition coefficient (Wildman–Crippen LogP) is 0.496. The molecule has 3 heterocycles. The molecular weight excluding hydrogens is 276 g/mol. The van der Waals surface area contributed by atoms with Crippen LogP contribution in [0.4, 0.5) is 5.69 Å². The van der Waals surface area contributed by atoms with E-state index < -0.39 is 0 Å². The standard InChI is InChI=1S/C13H18N4O4/c1-19-10-7-5-4-6-17(7)12(18)9-8(14-10)11(20-2)16-13(15-9)21-3/h7,10,14H,4-6H2,1-3H3/t7-,10+/m0/s1. The number of nitrogens with zero attached hydrogens (tertiary/aromatic N) is 3. The number of methoxy groups -OCH3 is 3. The summed E-state index contributed by atoms with van der Waals surface area (Å²) in [5.74, 6) is 0.118. The number of fused-ring (bicyclic) bond motifs is 2. The third kappa shape index (κ3) is 2.15. The Hall–Kier alpha value is -2.09. The monoisotopic (exact) mass is 294 g/mol. The number of hydrogen-bond acceptors (Lipinski definition) is 7. The lowest BCUT2D eigenvalue weighted by atomic mass is 10.2. The minimum Gasteiger partial charge on any atom is -0.479 e. The number of nitrogens with one attached hydrogen (secondary N) is 1. The molecule has 1 amide bonds. The van der Waals surface area contributed by atoms with Crippen molar-refractivity contribution < 1.29 is 19.0 Å². The summed E-state index contributed by atoms with van der Waals surface area (Å²) >= 11 is 0. The van der Waals surface area contributed by atoms with Crippen LogP contribution in [0, 0.1) is 0 Å². The average Bonchev–Trinajstić information content (AvgIpc) is 2.96. The maximum Gasteiger partial charge on any atom is 0.320 e. The summed E-state index contributed by atoms with van der Waals surface area (Å²) in [7, 11) is 4.55. The smallest absolute Gasteiger partial charge is 0.320 e. The molecule has 1 saturated heterocycles. The Balaban J connectivity index is 2.13. The second-order valence-electron chi connectivity index (χ2n) is 4.95. The summed E-state index contributed by atoms with van der Waals surface area (Å²) in [6, 6.07) is 0.0831. The highest BCUT2D eigenvalue weighted by molar-refractivity contribution is 6.00. The summed E-state index contributed by atoms with van der Waals surface area (Å²) in [6.45, 7) is 0.694. The van der Waals surface area contributed by atoms with Gasteiger partial charge in [0.2, 0.25) is 5.88 Å². The van der Waals surface area contributed by atoms with Crippen molar-refractivity contribution in [1.29, 1.82) is 0 Å². The Kier molecular flexibility index (Phi) is 3.54. The molecule has 2 aliphatic rings. The molecule has 0 spiro atoms. The fraction of sp³-hybridized carbons (Fsp3) is 0.615. The lowest BCUT2D eigenvalue weighted by Gasteiger charge is -2.27. The molecule has 1 N–H and O–H groups in total. The first-order valence-electron chi connectivity index (χ1n) is 6.80. The van der Waals surface area contributed by atoms with E-state index in [1.54, 1.807) is 12.0 Å². The average molecular weight is 294 g/mol. The third-order valence-electron chi connectivity index (χ3n) is 3.88. The largest absolute Gasteiger partial charge is 0.479 e. The van der Waals surface area contributed by atoms with E-state index in [0.717, 1.165) is 12.8 Å². The fourth-order valence-corrected chi connectivity index (χ4v) is 2.89. The van der Waals surface area contributed by atoms with Gasteiger partial charge in [0.15, 0.2) is 5.69 Å². The molecule has 0 saturated carbocycles. The summed E-state index contributed by atoms with van der Waals surface area (Å²) in [6.07, 6.45) is 1.52. The normalized spacial score (nSPS) is 24.0. The van der Waals surface area contributed by atoms with Crippen LogP contribution >= 0.6 is 0 Å². The minimum absolute atomic E-state index is 0.0209. The molecule has 21 heavy (non-hydrogen) atoms. The van der Waals surface area contributed by atoms with Crippen LogP contribution in [0.5, 0.6) is 11.9 Å². The molecule has 0 bridgehead atoms. The number of ether oxygens (including phenoxy) is 3. The first-order valence-corrected chi connectivity index (χ1v) is 6.80. The molecule has 0 aliphatic carbocycles. The molecular formula is C13H18N4O4. The Morgan fingerprint density at radius 2 is 2.05 bits per heavy atom. The highest BCUT2D eigenvalue weighted by Crippen LogP contribution is 2.35. The zero-order valence-electron chi connectivity index (χ0n) is 12.3. The van der Waals surface area contributed by atoms with Crippen LogP contribution in [0.2, 0.25) is 0 Å². The van der Waals surface area contributed by atoms with Crippen molar-refractivity contribution in [2.45, 2.75) is 25.1 Å². The fourth-order valence-electron chi connectivity index (χ4n) is 2.89. The Morgan fingerprint density at radius 3 is 2.71 bits per heavy atom. The van der Waals surface area contributed by atoms with E-state index in [4.69, 9.17) is 14.2 Å². The van der Waals surface area contributed by atoms with Crippen molar-refractivity contribution in [2.24, 2.45) is 0 Å².